The Labute approximate surface area is 156 Å². The lowest BCUT2D eigenvalue weighted by molar-refractivity contribution is -0.117. The largest absolute Gasteiger partial charge is 0.368 e. The lowest BCUT2D eigenvalue weighted by Crippen LogP contribution is -2.19. The number of carbonyl (C=O) groups excluding carboxylic acids is 1. The zero-order valence-electron chi connectivity index (χ0n) is 13.7. The predicted octanol–water partition coefficient (Wildman–Crippen LogP) is 4.34. The van der Waals surface area contributed by atoms with Crippen molar-refractivity contribution in [1.29, 1.82) is 0 Å². The fraction of sp³-hybridized carbons (Fsp3) is 0.294. The first-order valence-electron chi connectivity index (χ1n) is 7.42. The number of aromatic nitrogens is 1. The Morgan fingerprint density at radius 1 is 1.25 bits per heavy atom. The van der Waals surface area contributed by atoms with E-state index in [-0.39, 0.29) is 0 Å². The van der Waals surface area contributed by atoms with E-state index in [4.69, 9.17) is 28.9 Å². The van der Waals surface area contributed by atoms with Crippen molar-refractivity contribution >= 4 is 46.7 Å². The van der Waals surface area contributed by atoms with Crippen molar-refractivity contribution < 1.29 is 4.79 Å². The van der Waals surface area contributed by atoms with Gasteiger partial charge in [-0.2, -0.15) is 0 Å². The van der Waals surface area contributed by atoms with Crippen LogP contribution in [0, 0.1) is 0 Å². The molecule has 0 spiro atoms. The molecule has 2 rings (SSSR count). The Bertz CT molecular complexity index is 738. The van der Waals surface area contributed by atoms with Gasteiger partial charge < -0.3 is 10.6 Å². The van der Waals surface area contributed by atoms with E-state index in [9.17, 15) is 4.79 Å². The van der Waals surface area contributed by atoms with Crippen LogP contribution in [0.15, 0.2) is 35.4 Å². The molecule has 0 radical (unpaired) electrons. The van der Waals surface area contributed by atoms with Gasteiger partial charge in [0.2, 0.25) is 5.91 Å². The summed E-state index contributed by atoms with van der Waals surface area (Å²) in [6.45, 7) is 1.98. The van der Waals surface area contributed by atoms with Crippen LogP contribution < -0.4 is 10.6 Å². The number of amides is 1. The number of halogens is 2. The molecule has 1 unspecified atom stereocenters. The van der Waals surface area contributed by atoms with Crippen molar-refractivity contribution in [2.75, 3.05) is 19.0 Å². The fourth-order valence-electron chi connectivity index (χ4n) is 2.27. The lowest BCUT2D eigenvalue weighted by Gasteiger charge is -2.20. The van der Waals surface area contributed by atoms with Crippen molar-refractivity contribution in [3.05, 3.63) is 51.5 Å². The van der Waals surface area contributed by atoms with Gasteiger partial charge >= 0.3 is 0 Å². The van der Waals surface area contributed by atoms with E-state index in [0.29, 0.717) is 27.3 Å². The molecule has 4 nitrogen and oxygen atoms in total. The first kappa shape index (κ1) is 18.9. The Hall–Kier alpha value is -1.43. The molecule has 2 aromatic rings. The molecule has 1 aromatic carbocycles. The first-order chi connectivity index (χ1) is 11.4. The summed E-state index contributed by atoms with van der Waals surface area (Å²) in [7, 11) is 3.72. The monoisotopic (exact) mass is 383 g/mol. The molecular weight excluding hydrogens is 365 g/mol. The summed E-state index contributed by atoms with van der Waals surface area (Å²) in [6, 6.07) is 9.34. The third kappa shape index (κ3) is 3.97. The van der Waals surface area contributed by atoms with Gasteiger partial charge in [-0.3, -0.25) is 4.79 Å². The van der Waals surface area contributed by atoms with Gasteiger partial charge in [-0.15, -0.1) is 0 Å². The van der Waals surface area contributed by atoms with Gasteiger partial charge in [-0.1, -0.05) is 72.2 Å². The molecule has 0 saturated heterocycles. The number of anilines is 1. The molecule has 1 aromatic heterocycles. The summed E-state index contributed by atoms with van der Waals surface area (Å²) in [5, 5.41) is 0.985. The standard InChI is InChI=1S/C17H19Cl2N3OS/c1-4-11-12(18)16(22(2)3)21-17(13(11)19)24-14(15(20)23)10-8-6-5-7-9-10/h5-9,14H,4H2,1-3H3,(H2,20,23). The summed E-state index contributed by atoms with van der Waals surface area (Å²) >= 11 is 14.1. The molecule has 1 amide bonds. The summed E-state index contributed by atoms with van der Waals surface area (Å²) in [5.41, 5.74) is 7.23. The number of nitrogens with zero attached hydrogens (tertiary/aromatic N) is 2. The van der Waals surface area contributed by atoms with Crippen LogP contribution in [0.25, 0.3) is 0 Å². The highest BCUT2D eigenvalue weighted by Gasteiger charge is 2.24. The number of pyridine rings is 1. The van der Waals surface area contributed by atoms with Crippen LogP contribution in [0.5, 0.6) is 0 Å². The Morgan fingerprint density at radius 2 is 1.88 bits per heavy atom. The quantitative estimate of drug-likeness (QED) is 0.753. The van der Waals surface area contributed by atoms with Crippen LogP contribution in [0.2, 0.25) is 10.0 Å². The summed E-state index contributed by atoms with van der Waals surface area (Å²) in [4.78, 5) is 18.3. The molecular formula is C17H19Cl2N3OS. The van der Waals surface area contributed by atoms with Gasteiger partial charge in [-0.25, -0.2) is 4.98 Å². The van der Waals surface area contributed by atoms with E-state index in [1.54, 1.807) is 0 Å². The van der Waals surface area contributed by atoms with Gasteiger partial charge in [0.25, 0.3) is 0 Å². The molecule has 0 saturated carbocycles. The van der Waals surface area contributed by atoms with Crippen molar-refractivity contribution in [3.63, 3.8) is 0 Å². The highest BCUT2D eigenvalue weighted by molar-refractivity contribution is 8.00. The number of nitrogens with two attached hydrogens (primary N) is 1. The molecule has 7 heteroatoms. The number of hydrogen-bond donors (Lipinski definition) is 1. The van der Waals surface area contributed by atoms with E-state index in [1.165, 1.54) is 11.8 Å². The lowest BCUT2D eigenvalue weighted by atomic mass is 10.1. The minimum Gasteiger partial charge on any atom is -0.368 e. The van der Waals surface area contributed by atoms with Crippen molar-refractivity contribution in [1.82, 2.24) is 4.98 Å². The van der Waals surface area contributed by atoms with Crippen LogP contribution in [0.3, 0.4) is 0 Å². The molecule has 128 valence electrons. The third-order valence-corrected chi connectivity index (χ3v) is 5.66. The number of thioether (sulfide) groups is 1. The summed E-state index contributed by atoms with van der Waals surface area (Å²) in [5.74, 6) is 0.181. The van der Waals surface area contributed by atoms with Gasteiger partial charge in [0, 0.05) is 14.1 Å². The molecule has 0 aliphatic rings. The second-order valence-electron chi connectivity index (χ2n) is 5.41. The highest BCUT2D eigenvalue weighted by Crippen LogP contribution is 2.43. The minimum atomic E-state index is -0.572. The average Bonchev–Trinajstić information content (AvgIpc) is 2.54. The van der Waals surface area contributed by atoms with Gasteiger partial charge in [-0.05, 0) is 17.5 Å². The van der Waals surface area contributed by atoms with Gasteiger partial charge in [0.1, 0.15) is 16.1 Å². The number of benzene rings is 1. The topological polar surface area (TPSA) is 59.2 Å². The summed E-state index contributed by atoms with van der Waals surface area (Å²) in [6.07, 6.45) is 0.668. The van der Waals surface area contributed by atoms with E-state index >= 15 is 0 Å². The molecule has 2 N–H and O–H groups in total. The molecule has 0 aliphatic heterocycles. The molecule has 1 atom stereocenters. The van der Waals surface area contributed by atoms with Crippen molar-refractivity contribution in [2.45, 2.75) is 23.6 Å². The molecule has 0 aliphatic carbocycles. The second kappa shape index (κ2) is 8.10. The molecule has 24 heavy (non-hydrogen) atoms. The fourth-order valence-corrected chi connectivity index (χ4v) is 4.16. The van der Waals surface area contributed by atoms with Crippen LogP contribution in [-0.4, -0.2) is 25.0 Å². The van der Waals surface area contributed by atoms with Crippen molar-refractivity contribution in [2.24, 2.45) is 5.73 Å². The first-order valence-corrected chi connectivity index (χ1v) is 9.06. The van der Waals surface area contributed by atoms with Crippen LogP contribution >= 0.6 is 35.0 Å². The van der Waals surface area contributed by atoms with Gasteiger partial charge in [0.05, 0.1) is 10.0 Å². The maximum absolute atomic E-state index is 11.9. The van der Waals surface area contributed by atoms with Crippen LogP contribution in [0.1, 0.15) is 23.3 Å². The minimum absolute atomic E-state index is 0.441. The zero-order valence-corrected chi connectivity index (χ0v) is 16.0. The smallest absolute Gasteiger partial charge is 0.235 e. The molecule has 0 bridgehead atoms. The van der Waals surface area contributed by atoms with Crippen LogP contribution in [-0.2, 0) is 11.2 Å². The van der Waals surface area contributed by atoms with Gasteiger partial charge in [0.15, 0.2) is 0 Å². The zero-order chi connectivity index (χ0) is 17.9. The average molecular weight is 384 g/mol. The highest BCUT2D eigenvalue weighted by atomic mass is 35.5. The second-order valence-corrected chi connectivity index (χ2v) is 7.26. The SMILES string of the molecule is CCc1c(Cl)c(SC(C(N)=O)c2ccccc2)nc(N(C)C)c1Cl. The Morgan fingerprint density at radius 3 is 2.38 bits per heavy atom. The molecule has 1 heterocycles. The van der Waals surface area contributed by atoms with Crippen molar-refractivity contribution in [3.8, 4) is 0 Å². The number of primary amides is 1. The number of carbonyl (C=O) groups is 1. The third-order valence-electron chi connectivity index (χ3n) is 3.49. The Balaban J connectivity index is 2.51. The summed E-state index contributed by atoms with van der Waals surface area (Å²) < 4.78 is 0. The van der Waals surface area contributed by atoms with Crippen LogP contribution in [0.4, 0.5) is 5.82 Å². The van der Waals surface area contributed by atoms with E-state index in [2.05, 4.69) is 4.98 Å². The Kier molecular flexibility index (Phi) is 6.38. The molecule has 0 fully saturated rings. The predicted molar refractivity (Wildman–Crippen MR) is 102 cm³/mol. The maximum Gasteiger partial charge on any atom is 0.235 e. The number of hydrogen-bond acceptors (Lipinski definition) is 4. The van der Waals surface area contributed by atoms with E-state index in [0.717, 1.165) is 11.1 Å². The van der Waals surface area contributed by atoms with E-state index < -0.39 is 11.2 Å². The number of rotatable bonds is 6. The normalized spacial score (nSPS) is 12.0. The maximum atomic E-state index is 11.9. The van der Waals surface area contributed by atoms with E-state index in [1.807, 2.05) is 56.3 Å².